The zero-order valence-electron chi connectivity index (χ0n) is 19.0. The number of likely N-dealkylation sites (tertiary alicyclic amines) is 1. The lowest BCUT2D eigenvalue weighted by Gasteiger charge is -2.41. The van der Waals surface area contributed by atoms with Gasteiger partial charge in [-0.15, -0.1) is 0 Å². The third-order valence-corrected chi connectivity index (χ3v) is 6.00. The number of rotatable bonds is 9. The van der Waals surface area contributed by atoms with E-state index in [-0.39, 0.29) is 17.6 Å². The normalized spacial score (nSPS) is 23.2. The Labute approximate surface area is 193 Å². The number of hydrogen-bond acceptors (Lipinski definition) is 4. The Morgan fingerprint density at radius 3 is 2.44 bits per heavy atom. The Balaban J connectivity index is 1.93. The average molecular weight is 473 g/mol. The summed E-state index contributed by atoms with van der Waals surface area (Å²) in [5, 5.41) is 2.90. The molecule has 1 aliphatic heterocycles. The van der Waals surface area contributed by atoms with Gasteiger partial charge in [0.25, 0.3) is 0 Å². The molecule has 0 amide bonds. The number of piperidine rings is 1. The van der Waals surface area contributed by atoms with Gasteiger partial charge in [0.2, 0.25) is 0 Å². The lowest BCUT2D eigenvalue weighted by molar-refractivity contribution is -0.137. The minimum Gasteiger partial charge on any atom is -0.494 e. The Morgan fingerprint density at radius 1 is 1.22 bits per heavy atom. The van der Waals surface area contributed by atoms with E-state index in [1.54, 1.807) is 19.5 Å². The van der Waals surface area contributed by atoms with E-state index in [0.717, 1.165) is 37.8 Å². The molecular formula is C23H32ClF3N4O. The maximum absolute atomic E-state index is 12.9. The van der Waals surface area contributed by atoms with Gasteiger partial charge in [0.1, 0.15) is 0 Å². The Kier molecular flexibility index (Phi) is 10.0. The molecule has 0 saturated carbocycles. The molecule has 1 N–H and O–H groups in total. The van der Waals surface area contributed by atoms with Crippen molar-refractivity contribution in [2.24, 2.45) is 9.98 Å². The molecule has 1 fully saturated rings. The van der Waals surface area contributed by atoms with Crippen molar-refractivity contribution in [3.63, 3.8) is 0 Å². The summed E-state index contributed by atoms with van der Waals surface area (Å²) in [6.45, 7) is 4.47. The molecule has 178 valence electrons. The lowest BCUT2D eigenvalue weighted by atomic mass is 9.89. The van der Waals surface area contributed by atoms with Gasteiger partial charge in [0.05, 0.1) is 37.8 Å². The van der Waals surface area contributed by atoms with Gasteiger partial charge >= 0.3 is 6.18 Å². The molecule has 0 spiro atoms. The molecular weight excluding hydrogens is 441 g/mol. The second-order valence-corrected chi connectivity index (χ2v) is 8.36. The highest BCUT2D eigenvalue weighted by atomic mass is 35.5. The standard InChI is InChI=1S/C23H32ClF3N4O/c1-5-20-10-19(11-21(6-2)31(20)3)30-14-22(32-4)13-29-15-28-12-16-7-17(23(25,26)27)9-18(24)8-16/h7-9,13-15,19-21H,5-6,10-12H2,1-4H3,(H,28,29)/b22-13+,30-14?. The third kappa shape index (κ3) is 7.81. The van der Waals surface area contributed by atoms with Crippen molar-refractivity contribution >= 4 is 24.2 Å². The maximum atomic E-state index is 12.9. The summed E-state index contributed by atoms with van der Waals surface area (Å²) in [7, 11) is 3.75. The summed E-state index contributed by atoms with van der Waals surface area (Å²) in [6, 6.07) is 4.71. The van der Waals surface area contributed by atoms with E-state index in [0.29, 0.717) is 23.4 Å². The van der Waals surface area contributed by atoms with Crippen LogP contribution in [0.5, 0.6) is 0 Å². The van der Waals surface area contributed by atoms with Crippen LogP contribution < -0.4 is 5.32 Å². The first-order valence-corrected chi connectivity index (χ1v) is 11.2. The Bertz CT molecular complexity index is 812. The predicted octanol–water partition coefficient (Wildman–Crippen LogP) is 5.69. The van der Waals surface area contributed by atoms with Crippen LogP contribution in [-0.2, 0) is 17.5 Å². The van der Waals surface area contributed by atoms with Crippen LogP contribution in [0, 0.1) is 0 Å². The summed E-state index contributed by atoms with van der Waals surface area (Å²) in [5.41, 5.74) is -0.413. The van der Waals surface area contributed by atoms with Crippen LogP contribution in [0.15, 0.2) is 40.1 Å². The molecule has 0 aliphatic carbocycles. The third-order valence-electron chi connectivity index (χ3n) is 5.78. The van der Waals surface area contributed by atoms with Crippen LogP contribution in [0.3, 0.4) is 0 Å². The molecule has 0 aromatic heterocycles. The van der Waals surface area contributed by atoms with Crippen molar-refractivity contribution in [3.05, 3.63) is 46.3 Å². The number of alkyl halides is 3. The smallest absolute Gasteiger partial charge is 0.416 e. The van der Waals surface area contributed by atoms with E-state index in [2.05, 4.69) is 36.1 Å². The number of nitrogens with one attached hydrogen (secondary N) is 1. The minimum atomic E-state index is -4.45. The number of allylic oxidation sites excluding steroid dienone is 1. The maximum Gasteiger partial charge on any atom is 0.416 e. The molecule has 32 heavy (non-hydrogen) atoms. The Hall–Kier alpha value is -2.06. The van der Waals surface area contributed by atoms with Gasteiger partial charge in [0, 0.05) is 23.3 Å². The Morgan fingerprint density at radius 2 is 1.88 bits per heavy atom. The molecule has 2 atom stereocenters. The summed E-state index contributed by atoms with van der Waals surface area (Å²) in [5.74, 6) is 0.540. The van der Waals surface area contributed by atoms with Crippen molar-refractivity contribution in [3.8, 4) is 0 Å². The van der Waals surface area contributed by atoms with Crippen molar-refractivity contribution in [1.82, 2.24) is 10.2 Å². The number of nitrogens with zero attached hydrogens (tertiary/aromatic N) is 3. The molecule has 1 heterocycles. The molecule has 9 heteroatoms. The van der Waals surface area contributed by atoms with Gasteiger partial charge in [-0.05, 0) is 56.5 Å². The fourth-order valence-electron chi connectivity index (χ4n) is 3.94. The van der Waals surface area contributed by atoms with Crippen LogP contribution in [-0.4, -0.2) is 49.7 Å². The number of methoxy groups -OCH3 is 1. The minimum absolute atomic E-state index is 0.0280. The highest BCUT2D eigenvalue weighted by molar-refractivity contribution is 6.30. The summed E-state index contributed by atoms with van der Waals surface area (Å²) in [6.07, 6.45) is 4.51. The summed E-state index contributed by atoms with van der Waals surface area (Å²) < 4.78 is 44.0. The molecule has 5 nitrogen and oxygen atoms in total. The quantitative estimate of drug-likeness (QED) is 0.285. The van der Waals surface area contributed by atoms with E-state index in [1.807, 2.05) is 0 Å². The van der Waals surface area contributed by atoms with Gasteiger partial charge in [-0.25, -0.2) is 0 Å². The van der Waals surface area contributed by atoms with Crippen molar-refractivity contribution < 1.29 is 17.9 Å². The number of halogens is 4. The van der Waals surface area contributed by atoms with E-state index < -0.39 is 11.7 Å². The van der Waals surface area contributed by atoms with Crippen LogP contribution in [0.25, 0.3) is 0 Å². The van der Waals surface area contributed by atoms with E-state index in [9.17, 15) is 13.2 Å². The highest BCUT2D eigenvalue weighted by Crippen LogP contribution is 2.32. The molecule has 1 aromatic rings. The van der Waals surface area contributed by atoms with Gasteiger partial charge in [-0.2, -0.15) is 13.2 Å². The number of aliphatic imine (C=N–C) groups is 2. The van der Waals surface area contributed by atoms with Gasteiger partial charge in [0.15, 0.2) is 5.76 Å². The first-order chi connectivity index (χ1) is 15.2. The molecule has 0 bridgehead atoms. The monoisotopic (exact) mass is 472 g/mol. The molecule has 1 saturated heterocycles. The van der Waals surface area contributed by atoms with Crippen LogP contribution in [0.2, 0.25) is 5.02 Å². The van der Waals surface area contributed by atoms with Crippen molar-refractivity contribution in [2.45, 2.75) is 70.4 Å². The summed E-state index contributed by atoms with van der Waals surface area (Å²) >= 11 is 5.79. The second kappa shape index (κ2) is 12.3. The average Bonchev–Trinajstić information content (AvgIpc) is 2.75. The van der Waals surface area contributed by atoms with Gasteiger partial charge in [-0.3, -0.25) is 9.98 Å². The van der Waals surface area contributed by atoms with Crippen LogP contribution >= 0.6 is 11.6 Å². The highest BCUT2D eigenvalue weighted by Gasteiger charge is 2.31. The summed E-state index contributed by atoms with van der Waals surface area (Å²) in [4.78, 5) is 11.3. The van der Waals surface area contributed by atoms with Gasteiger partial charge in [-0.1, -0.05) is 25.4 Å². The van der Waals surface area contributed by atoms with Gasteiger partial charge < -0.3 is 15.0 Å². The number of ether oxygens (including phenoxy) is 1. The van der Waals surface area contributed by atoms with E-state index >= 15 is 0 Å². The first-order valence-electron chi connectivity index (χ1n) is 10.8. The molecule has 2 unspecified atom stereocenters. The van der Waals surface area contributed by atoms with Crippen molar-refractivity contribution in [2.75, 3.05) is 14.2 Å². The zero-order valence-corrected chi connectivity index (χ0v) is 19.7. The molecule has 1 aromatic carbocycles. The van der Waals surface area contributed by atoms with E-state index in [1.165, 1.54) is 12.4 Å². The number of hydrogen-bond donors (Lipinski definition) is 1. The first kappa shape index (κ1) is 26.2. The SMILES string of the molecule is CCC1CC(N=C/C(=C\NC=NCc2cc(Cl)cc(C(F)(F)F)c2)OC)CC(CC)N1C. The van der Waals surface area contributed by atoms with Crippen LogP contribution in [0.1, 0.15) is 50.7 Å². The molecule has 2 rings (SSSR count). The second-order valence-electron chi connectivity index (χ2n) is 7.93. The topological polar surface area (TPSA) is 49.2 Å². The van der Waals surface area contributed by atoms with Crippen LogP contribution in [0.4, 0.5) is 13.2 Å². The molecule has 0 radical (unpaired) electrons. The largest absolute Gasteiger partial charge is 0.494 e. The molecule has 1 aliphatic rings. The van der Waals surface area contributed by atoms with E-state index in [4.69, 9.17) is 21.3 Å². The fraction of sp³-hybridized carbons (Fsp3) is 0.565. The zero-order chi connectivity index (χ0) is 23.7. The van der Waals surface area contributed by atoms with Crippen molar-refractivity contribution in [1.29, 1.82) is 0 Å². The lowest BCUT2D eigenvalue weighted by Crippen LogP contribution is -2.47. The fourth-order valence-corrected chi connectivity index (χ4v) is 4.20. The number of benzene rings is 1. The predicted molar refractivity (Wildman–Crippen MR) is 124 cm³/mol.